The largest absolute Gasteiger partial charge is 0.354 e. The maximum absolute atomic E-state index is 14.5. The molecular weight excluding hydrogens is 650 g/mol. The number of carbonyl (C=O) groups is 2. The van der Waals surface area contributed by atoms with E-state index in [4.69, 9.17) is 0 Å². The van der Waals surface area contributed by atoms with Crippen LogP contribution in [-0.2, 0) is 32.6 Å². The van der Waals surface area contributed by atoms with E-state index in [0.717, 1.165) is 26.6 Å². The first-order valence-corrected chi connectivity index (χ1v) is 17.2. The topological polar surface area (TPSA) is 86.8 Å². The molecule has 45 heavy (non-hydrogen) atoms. The summed E-state index contributed by atoms with van der Waals surface area (Å²) < 4.78 is 30.1. The number of benzene rings is 4. The number of aryl methyl sites for hydroxylation is 2. The molecule has 0 unspecified atom stereocenters. The molecule has 0 spiro atoms. The lowest BCUT2D eigenvalue weighted by molar-refractivity contribution is -0.140. The van der Waals surface area contributed by atoms with Crippen molar-refractivity contribution >= 4 is 43.5 Å². The molecule has 1 atom stereocenters. The van der Waals surface area contributed by atoms with E-state index in [1.807, 2.05) is 82.3 Å². The normalized spacial score (nSPS) is 12.0. The summed E-state index contributed by atoms with van der Waals surface area (Å²) in [6.45, 7) is 7.94. The highest BCUT2D eigenvalue weighted by atomic mass is 79.9. The van der Waals surface area contributed by atoms with Crippen molar-refractivity contribution in [2.24, 2.45) is 5.92 Å². The van der Waals surface area contributed by atoms with Gasteiger partial charge in [-0.05, 0) is 61.2 Å². The Morgan fingerprint density at radius 3 is 2.11 bits per heavy atom. The second-order valence-electron chi connectivity index (χ2n) is 11.7. The maximum atomic E-state index is 14.5. The number of hydrogen-bond donors (Lipinski definition) is 1. The van der Waals surface area contributed by atoms with Gasteiger partial charge in [-0.3, -0.25) is 13.9 Å². The Hall–Kier alpha value is -3.95. The molecule has 0 heterocycles. The monoisotopic (exact) mass is 689 g/mol. The van der Waals surface area contributed by atoms with E-state index < -0.39 is 28.5 Å². The van der Waals surface area contributed by atoms with Gasteiger partial charge in [0.1, 0.15) is 12.6 Å². The van der Waals surface area contributed by atoms with Crippen LogP contribution in [0.2, 0.25) is 0 Å². The SMILES string of the molecule is Cc1ccc(S(=O)(=O)N(CC(=O)N(Cc2cccc(C)c2)[C@H](Cc2ccccc2)C(=O)NCC(C)C)c2cccc(Br)c2)cc1. The molecule has 7 nitrogen and oxygen atoms in total. The van der Waals surface area contributed by atoms with Crippen LogP contribution in [0.25, 0.3) is 0 Å². The lowest BCUT2D eigenvalue weighted by atomic mass is 10.0. The predicted molar refractivity (Wildman–Crippen MR) is 183 cm³/mol. The van der Waals surface area contributed by atoms with Crippen molar-refractivity contribution in [3.63, 3.8) is 0 Å². The van der Waals surface area contributed by atoms with Gasteiger partial charge in [-0.2, -0.15) is 0 Å². The zero-order valence-corrected chi connectivity index (χ0v) is 28.5. The number of nitrogens with zero attached hydrogens (tertiary/aromatic N) is 2. The molecule has 0 aliphatic heterocycles. The maximum Gasteiger partial charge on any atom is 0.264 e. The summed E-state index contributed by atoms with van der Waals surface area (Å²) in [5.41, 5.74) is 3.99. The summed E-state index contributed by atoms with van der Waals surface area (Å²) >= 11 is 3.45. The van der Waals surface area contributed by atoms with E-state index >= 15 is 0 Å². The minimum absolute atomic E-state index is 0.0709. The zero-order valence-electron chi connectivity index (χ0n) is 26.1. The number of carbonyl (C=O) groups excluding carboxylic acids is 2. The molecule has 1 N–H and O–H groups in total. The van der Waals surface area contributed by atoms with Crippen LogP contribution in [-0.4, -0.2) is 44.3 Å². The van der Waals surface area contributed by atoms with Crippen molar-refractivity contribution < 1.29 is 18.0 Å². The first kappa shape index (κ1) is 33.9. The average Bonchev–Trinajstić information content (AvgIpc) is 3.01. The van der Waals surface area contributed by atoms with Gasteiger partial charge in [-0.25, -0.2) is 8.42 Å². The van der Waals surface area contributed by atoms with Crippen LogP contribution in [0.15, 0.2) is 112 Å². The van der Waals surface area contributed by atoms with Crippen molar-refractivity contribution in [3.05, 3.63) is 130 Å². The van der Waals surface area contributed by atoms with Crippen molar-refractivity contribution in [1.82, 2.24) is 10.2 Å². The highest BCUT2D eigenvalue weighted by Gasteiger charge is 2.34. The third-order valence-corrected chi connectivity index (χ3v) is 9.66. The highest BCUT2D eigenvalue weighted by Crippen LogP contribution is 2.27. The molecule has 4 aromatic rings. The van der Waals surface area contributed by atoms with Gasteiger partial charge in [0.05, 0.1) is 10.6 Å². The smallest absolute Gasteiger partial charge is 0.264 e. The molecule has 9 heteroatoms. The van der Waals surface area contributed by atoms with Gasteiger partial charge in [0.25, 0.3) is 10.0 Å². The fourth-order valence-corrected chi connectivity index (χ4v) is 6.77. The number of sulfonamides is 1. The molecule has 0 bridgehead atoms. The number of rotatable bonds is 13. The molecular formula is C36H40BrN3O4S. The van der Waals surface area contributed by atoms with Crippen LogP contribution >= 0.6 is 15.9 Å². The Kier molecular flexibility index (Phi) is 11.6. The van der Waals surface area contributed by atoms with Crippen LogP contribution in [0.5, 0.6) is 0 Å². The Morgan fingerprint density at radius 1 is 0.800 bits per heavy atom. The molecule has 236 valence electrons. The summed E-state index contributed by atoms with van der Waals surface area (Å²) in [5, 5.41) is 3.02. The number of amides is 2. The van der Waals surface area contributed by atoms with Crippen LogP contribution < -0.4 is 9.62 Å². The summed E-state index contributed by atoms with van der Waals surface area (Å²) in [5.74, 6) is -0.573. The van der Waals surface area contributed by atoms with E-state index in [-0.39, 0.29) is 29.7 Å². The van der Waals surface area contributed by atoms with Gasteiger partial charge in [-0.1, -0.05) is 114 Å². The number of anilines is 1. The molecule has 0 aliphatic rings. The van der Waals surface area contributed by atoms with Gasteiger partial charge < -0.3 is 10.2 Å². The molecule has 4 rings (SSSR count). The predicted octanol–water partition coefficient (Wildman–Crippen LogP) is 6.67. The third kappa shape index (κ3) is 9.28. The minimum Gasteiger partial charge on any atom is -0.354 e. The van der Waals surface area contributed by atoms with Crippen molar-refractivity contribution in [2.45, 2.75) is 51.6 Å². The van der Waals surface area contributed by atoms with Crippen LogP contribution in [0.3, 0.4) is 0 Å². The van der Waals surface area contributed by atoms with Crippen molar-refractivity contribution in [2.75, 3.05) is 17.4 Å². The molecule has 0 fully saturated rings. The highest BCUT2D eigenvalue weighted by molar-refractivity contribution is 9.10. The van der Waals surface area contributed by atoms with Gasteiger partial charge >= 0.3 is 0 Å². The van der Waals surface area contributed by atoms with E-state index in [9.17, 15) is 18.0 Å². The first-order chi connectivity index (χ1) is 21.4. The van der Waals surface area contributed by atoms with Gasteiger partial charge in [-0.15, -0.1) is 0 Å². The third-order valence-electron chi connectivity index (χ3n) is 7.38. The minimum atomic E-state index is -4.16. The Labute approximate surface area is 275 Å². The summed E-state index contributed by atoms with van der Waals surface area (Å²) in [7, 11) is -4.16. The van der Waals surface area contributed by atoms with E-state index in [1.165, 1.54) is 4.90 Å². The van der Waals surface area contributed by atoms with Crippen LogP contribution in [0.1, 0.15) is 36.1 Å². The quantitative estimate of drug-likeness (QED) is 0.170. The molecule has 0 saturated carbocycles. The lowest BCUT2D eigenvalue weighted by Gasteiger charge is -2.34. The summed E-state index contributed by atoms with van der Waals surface area (Å²) in [6.07, 6.45) is 0.268. The van der Waals surface area contributed by atoms with E-state index in [1.54, 1.807) is 48.5 Å². The number of nitrogens with one attached hydrogen (secondary N) is 1. The van der Waals surface area contributed by atoms with Crippen molar-refractivity contribution in [1.29, 1.82) is 0 Å². The Balaban J connectivity index is 1.80. The van der Waals surface area contributed by atoms with Crippen LogP contribution in [0.4, 0.5) is 5.69 Å². The van der Waals surface area contributed by atoms with E-state index in [0.29, 0.717) is 16.7 Å². The molecule has 0 aromatic heterocycles. The number of halogens is 1. The Bertz CT molecular complexity index is 1710. The van der Waals surface area contributed by atoms with Gasteiger partial charge in [0.15, 0.2) is 0 Å². The molecule has 2 amide bonds. The van der Waals surface area contributed by atoms with Gasteiger partial charge in [0, 0.05) is 24.0 Å². The summed E-state index contributed by atoms with van der Waals surface area (Å²) in [4.78, 5) is 30.0. The molecule has 0 radical (unpaired) electrons. The standard InChI is InChI=1S/C36H40BrN3O4S/c1-26(2)23-38-36(42)34(21-29-11-6-5-7-12-29)39(24-30-13-8-10-28(4)20-30)35(41)25-40(32-15-9-14-31(37)22-32)45(43,44)33-18-16-27(3)17-19-33/h5-20,22,26,34H,21,23-25H2,1-4H3,(H,38,42)/t34-/m1/s1. The van der Waals surface area contributed by atoms with Crippen LogP contribution in [0, 0.1) is 19.8 Å². The van der Waals surface area contributed by atoms with Gasteiger partial charge in [0.2, 0.25) is 11.8 Å². The Morgan fingerprint density at radius 2 is 1.47 bits per heavy atom. The first-order valence-electron chi connectivity index (χ1n) is 15.0. The molecule has 0 saturated heterocycles. The zero-order chi connectivity index (χ0) is 32.6. The second-order valence-corrected chi connectivity index (χ2v) is 14.4. The fourth-order valence-electron chi connectivity index (χ4n) is 4.98. The fraction of sp³-hybridized carbons (Fsp3) is 0.278. The van der Waals surface area contributed by atoms with Crippen molar-refractivity contribution in [3.8, 4) is 0 Å². The average molecular weight is 691 g/mol. The lowest BCUT2D eigenvalue weighted by Crippen LogP contribution is -2.53. The second kappa shape index (κ2) is 15.4. The molecule has 0 aliphatic carbocycles. The number of hydrogen-bond acceptors (Lipinski definition) is 4. The molecule has 4 aromatic carbocycles. The summed E-state index contributed by atoms with van der Waals surface area (Å²) in [6, 6.07) is 29.8. The van der Waals surface area contributed by atoms with E-state index in [2.05, 4.69) is 21.2 Å².